The molecule has 21 heavy (non-hydrogen) atoms. The molecule has 0 saturated heterocycles. The maximum Gasteiger partial charge on any atom is 0.261 e. The highest BCUT2D eigenvalue weighted by atomic mass is 16.5. The molecule has 4 nitrogen and oxygen atoms in total. The van der Waals surface area contributed by atoms with E-state index in [1.165, 1.54) is 0 Å². The Labute approximate surface area is 123 Å². The molecule has 0 saturated carbocycles. The molecule has 2 aromatic carbocycles. The van der Waals surface area contributed by atoms with E-state index >= 15 is 0 Å². The zero-order valence-corrected chi connectivity index (χ0v) is 11.9. The number of benzene rings is 2. The van der Waals surface area contributed by atoms with Gasteiger partial charge in [0.25, 0.3) is 5.91 Å². The van der Waals surface area contributed by atoms with Gasteiger partial charge < -0.3 is 14.4 Å². The Morgan fingerprint density at radius 1 is 1.14 bits per heavy atom. The molecule has 0 atom stereocenters. The van der Waals surface area contributed by atoms with Crippen LogP contribution in [0.5, 0.6) is 11.5 Å². The van der Waals surface area contributed by atoms with Crippen LogP contribution in [0.1, 0.15) is 11.1 Å². The lowest BCUT2D eigenvalue weighted by molar-refractivity contribution is -0.133. The number of hydrogen-bond acceptors (Lipinski definition) is 3. The number of nitrogens with zero attached hydrogens (tertiary/aromatic N) is 1. The van der Waals surface area contributed by atoms with Gasteiger partial charge in [-0.3, -0.25) is 4.79 Å². The predicted octanol–water partition coefficient (Wildman–Crippen LogP) is 2.62. The molecule has 0 radical (unpaired) electrons. The Hall–Kier alpha value is -2.49. The van der Waals surface area contributed by atoms with Gasteiger partial charge in [0.1, 0.15) is 0 Å². The number of fused-ring (bicyclic) bond motifs is 1. The zero-order valence-electron chi connectivity index (χ0n) is 11.9. The number of methoxy groups -OCH3 is 1. The van der Waals surface area contributed by atoms with E-state index in [1.807, 2.05) is 48.5 Å². The summed E-state index contributed by atoms with van der Waals surface area (Å²) in [6.45, 7) is 1.15. The molecule has 2 aromatic rings. The fourth-order valence-electron chi connectivity index (χ4n) is 2.48. The van der Waals surface area contributed by atoms with Crippen molar-refractivity contribution in [2.75, 3.05) is 13.7 Å². The second-order valence-corrected chi connectivity index (χ2v) is 4.97. The van der Waals surface area contributed by atoms with Gasteiger partial charge in [0.2, 0.25) is 0 Å². The predicted molar refractivity (Wildman–Crippen MR) is 79.2 cm³/mol. The molecule has 1 heterocycles. The number of rotatable bonds is 3. The molecule has 0 unspecified atom stereocenters. The minimum absolute atomic E-state index is 0.0166. The van der Waals surface area contributed by atoms with E-state index in [2.05, 4.69) is 0 Å². The zero-order chi connectivity index (χ0) is 14.7. The molecule has 0 fully saturated rings. The van der Waals surface area contributed by atoms with Gasteiger partial charge in [0.15, 0.2) is 18.1 Å². The van der Waals surface area contributed by atoms with Gasteiger partial charge in [-0.2, -0.15) is 0 Å². The lowest BCUT2D eigenvalue weighted by Gasteiger charge is -2.20. The molecule has 4 heteroatoms. The first-order valence-corrected chi connectivity index (χ1v) is 6.88. The Balaban J connectivity index is 1.87. The molecule has 1 aliphatic rings. The van der Waals surface area contributed by atoms with Crippen LogP contribution >= 0.6 is 0 Å². The smallest absolute Gasteiger partial charge is 0.261 e. The molecule has 0 spiro atoms. The second-order valence-electron chi connectivity index (χ2n) is 4.97. The summed E-state index contributed by atoms with van der Waals surface area (Å²) in [7, 11) is 1.60. The van der Waals surface area contributed by atoms with Crippen LogP contribution in [0, 0.1) is 0 Å². The fraction of sp³-hybridized carbons (Fsp3) is 0.235. The van der Waals surface area contributed by atoms with Gasteiger partial charge in [-0.1, -0.05) is 42.5 Å². The first kappa shape index (κ1) is 13.5. The van der Waals surface area contributed by atoms with Crippen molar-refractivity contribution < 1.29 is 14.3 Å². The summed E-state index contributed by atoms with van der Waals surface area (Å²) >= 11 is 0. The highest BCUT2D eigenvalue weighted by molar-refractivity contribution is 5.78. The largest absolute Gasteiger partial charge is 0.493 e. The topological polar surface area (TPSA) is 38.8 Å². The summed E-state index contributed by atoms with van der Waals surface area (Å²) < 4.78 is 10.9. The highest BCUT2D eigenvalue weighted by Crippen LogP contribution is 2.33. The van der Waals surface area contributed by atoms with E-state index in [9.17, 15) is 4.79 Å². The number of amides is 1. The first-order valence-electron chi connectivity index (χ1n) is 6.88. The van der Waals surface area contributed by atoms with E-state index in [0.717, 1.165) is 11.1 Å². The van der Waals surface area contributed by atoms with Crippen molar-refractivity contribution in [3.63, 3.8) is 0 Å². The van der Waals surface area contributed by atoms with E-state index < -0.39 is 0 Å². The molecule has 3 rings (SSSR count). The van der Waals surface area contributed by atoms with Crippen molar-refractivity contribution in [2.24, 2.45) is 0 Å². The van der Waals surface area contributed by atoms with Crippen molar-refractivity contribution in [1.82, 2.24) is 4.90 Å². The Morgan fingerprint density at radius 2 is 1.95 bits per heavy atom. The van der Waals surface area contributed by atoms with Gasteiger partial charge >= 0.3 is 0 Å². The summed E-state index contributed by atoms with van der Waals surface area (Å²) in [4.78, 5) is 14.1. The SMILES string of the molecule is COc1cccc2c1OCC(=O)N(Cc1ccccc1)C2. The summed E-state index contributed by atoms with van der Waals surface area (Å²) in [6, 6.07) is 15.7. The molecule has 0 N–H and O–H groups in total. The third-order valence-electron chi connectivity index (χ3n) is 3.55. The molecule has 0 bridgehead atoms. The van der Waals surface area contributed by atoms with Crippen LogP contribution in [-0.2, 0) is 17.9 Å². The van der Waals surface area contributed by atoms with Crippen LogP contribution in [-0.4, -0.2) is 24.5 Å². The van der Waals surface area contributed by atoms with E-state index in [0.29, 0.717) is 24.6 Å². The summed E-state index contributed by atoms with van der Waals surface area (Å²) in [5.74, 6) is 1.32. The van der Waals surface area contributed by atoms with Gasteiger partial charge in [-0.15, -0.1) is 0 Å². The van der Waals surface area contributed by atoms with E-state index in [4.69, 9.17) is 9.47 Å². The number of ether oxygens (including phenoxy) is 2. The van der Waals surface area contributed by atoms with Crippen LogP contribution in [0.15, 0.2) is 48.5 Å². The van der Waals surface area contributed by atoms with Crippen molar-refractivity contribution in [3.8, 4) is 11.5 Å². The van der Waals surface area contributed by atoms with E-state index in [-0.39, 0.29) is 12.5 Å². The quantitative estimate of drug-likeness (QED) is 0.869. The van der Waals surface area contributed by atoms with Crippen LogP contribution in [0.3, 0.4) is 0 Å². The third-order valence-corrected chi connectivity index (χ3v) is 3.55. The Morgan fingerprint density at radius 3 is 2.71 bits per heavy atom. The molecule has 1 aliphatic heterocycles. The standard InChI is InChI=1S/C17H17NO3/c1-20-15-9-5-8-14-11-18(16(19)12-21-17(14)15)10-13-6-3-2-4-7-13/h2-9H,10-12H2,1H3. The number of carbonyl (C=O) groups excluding carboxylic acids is 1. The molecular weight excluding hydrogens is 266 g/mol. The van der Waals surface area contributed by atoms with Crippen molar-refractivity contribution in [2.45, 2.75) is 13.1 Å². The molecule has 108 valence electrons. The average Bonchev–Trinajstić information content (AvgIpc) is 2.68. The molecule has 0 aromatic heterocycles. The van der Waals surface area contributed by atoms with Crippen LogP contribution in [0.2, 0.25) is 0 Å². The Bertz CT molecular complexity index is 640. The minimum atomic E-state index is -0.0166. The maximum absolute atomic E-state index is 12.2. The summed E-state index contributed by atoms with van der Waals surface area (Å²) in [6.07, 6.45) is 0. The average molecular weight is 283 g/mol. The van der Waals surface area contributed by atoms with Crippen LogP contribution in [0.25, 0.3) is 0 Å². The minimum Gasteiger partial charge on any atom is -0.493 e. The lowest BCUT2D eigenvalue weighted by atomic mass is 10.1. The normalized spacial score (nSPS) is 14.1. The van der Waals surface area contributed by atoms with Gasteiger partial charge in [0, 0.05) is 18.7 Å². The van der Waals surface area contributed by atoms with Crippen LogP contribution < -0.4 is 9.47 Å². The molecule has 1 amide bonds. The van der Waals surface area contributed by atoms with Gasteiger partial charge in [-0.05, 0) is 11.6 Å². The summed E-state index contributed by atoms with van der Waals surface area (Å²) in [5, 5.41) is 0. The van der Waals surface area contributed by atoms with Crippen LogP contribution in [0.4, 0.5) is 0 Å². The summed E-state index contributed by atoms with van der Waals surface area (Å²) in [5.41, 5.74) is 2.08. The molecule has 0 aliphatic carbocycles. The van der Waals surface area contributed by atoms with Gasteiger partial charge in [0.05, 0.1) is 7.11 Å². The maximum atomic E-state index is 12.2. The number of para-hydroxylation sites is 1. The molecular formula is C17H17NO3. The fourth-order valence-corrected chi connectivity index (χ4v) is 2.48. The van der Waals surface area contributed by atoms with Crippen molar-refractivity contribution in [1.29, 1.82) is 0 Å². The lowest BCUT2D eigenvalue weighted by Crippen LogP contribution is -2.31. The second kappa shape index (κ2) is 5.87. The first-order chi connectivity index (χ1) is 10.3. The van der Waals surface area contributed by atoms with Crippen molar-refractivity contribution in [3.05, 3.63) is 59.7 Å². The monoisotopic (exact) mass is 283 g/mol. The Kier molecular flexibility index (Phi) is 3.77. The van der Waals surface area contributed by atoms with E-state index in [1.54, 1.807) is 12.0 Å². The number of hydrogen-bond donors (Lipinski definition) is 0. The number of carbonyl (C=O) groups is 1. The van der Waals surface area contributed by atoms with Gasteiger partial charge in [-0.25, -0.2) is 0 Å². The van der Waals surface area contributed by atoms with Crippen molar-refractivity contribution >= 4 is 5.91 Å². The highest BCUT2D eigenvalue weighted by Gasteiger charge is 2.23. The third kappa shape index (κ3) is 2.84.